The second-order valence-corrected chi connectivity index (χ2v) is 7.65. The van der Waals surface area contributed by atoms with Gasteiger partial charge in [0.05, 0.1) is 12.0 Å². The molecule has 2 aliphatic carbocycles. The first-order valence-electron chi connectivity index (χ1n) is 8.58. The standard InChI is InChI=1S/C18H23N3O2/c1-10-6-18(10)7-14-16(23-20-17(14)19-2)13-5-11(3-4-15(13)18)21-8-12(22)9-21/h3-5,10,12,14,16,22H,6-9H2,1-2H3,(H,19,20)/t10-,14?,16?,18?/m0/s1. The van der Waals surface area contributed by atoms with Crippen molar-refractivity contribution in [1.82, 2.24) is 5.48 Å². The third-order valence-corrected chi connectivity index (χ3v) is 6.39. The van der Waals surface area contributed by atoms with E-state index in [0.29, 0.717) is 11.3 Å². The van der Waals surface area contributed by atoms with Crippen LogP contribution in [0.5, 0.6) is 0 Å². The molecule has 2 N–H and O–H groups in total. The Hall–Kier alpha value is -1.59. The topological polar surface area (TPSA) is 57.1 Å². The van der Waals surface area contributed by atoms with Crippen LogP contribution in [0.3, 0.4) is 0 Å². The van der Waals surface area contributed by atoms with Crippen molar-refractivity contribution in [3.63, 3.8) is 0 Å². The molecule has 3 fully saturated rings. The van der Waals surface area contributed by atoms with Gasteiger partial charge in [0.25, 0.3) is 0 Å². The molecule has 5 rings (SSSR count). The fourth-order valence-electron chi connectivity index (χ4n) is 4.87. The van der Waals surface area contributed by atoms with E-state index >= 15 is 0 Å². The van der Waals surface area contributed by atoms with E-state index in [-0.39, 0.29) is 12.2 Å². The van der Waals surface area contributed by atoms with Crippen LogP contribution in [0.15, 0.2) is 23.2 Å². The molecule has 5 nitrogen and oxygen atoms in total. The average Bonchev–Trinajstić information content (AvgIpc) is 2.98. The summed E-state index contributed by atoms with van der Waals surface area (Å²) in [6.07, 6.45) is 2.28. The molecule has 5 heteroatoms. The van der Waals surface area contributed by atoms with Gasteiger partial charge in [-0.1, -0.05) is 13.0 Å². The summed E-state index contributed by atoms with van der Waals surface area (Å²) in [6.45, 7) is 3.82. The van der Waals surface area contributed by atoms with Crippen LogP contribution in [-0.4, -0.2) is 37.2 Å². The number of benzene rings is 1. The molecule has 1 aromatic carbocycles. The highest BCUT2D eigenvalue weighted by Crippen LogP contribution is 2.64. The minimum Gasteiger partial charge on any atom is -0.389 e. The summed E-state index contributed by atoms with van der Waals surface area (Å²) in [4.78, 5) is 12.5. The van der Waals surface area contributed by atoms with Crippen molar-refractivity contribution in [3.8, 4) is 0 Å². The van der Waals surface area contributed by atoms with Gasteiger partial charge >= 0.3 is 0 Å². The van der Waals surface area contributed by atoms with Crippen LogP contribution in [0.25, 0.3) is 0 Å². The number of nitrogens with one attached hydrogen (secondary N) is 1. The van der Waals surface area contributed by atoms with Crippen molar-refractivity contribution in [2.75, 3.05) is 25.0 Å². The first-order valence-corrected chi connectivity index (χ1v) is 8.58. The van der Waals surface area contributed by atoms with Crippen molar-refractivity contribution < 1.29 is 9.94 Å². The third-order valence-electron chi connectivity index (χ3n) is 6.39. The highest BCUT2D eigenvalue weighted by molar-refractivity contribution is 5.86. The number of hydrogen-bond acceptors (Lipinski definition) is 4. The van der Waals surface area contributed by atoms with Crippen LogP contribution < -0.4 is 10.4 Å². The molecular formula is C18H23N3O2. The maximum absolute atomic E-state index is 9.57. The van der Waals surface area contributed by atoms with E-state index in [2.05, 4.69) is 40.5 Å². The molecule has 23 heavy (non-hydrogen) atoms. The van der Waals surface area contributed by atoms with Crippen LogP contribution in [0.2, 0.25) is 0 Å². The van der Waals surface area contributed by atoms with Gasteiger partial charge in [0, 0.05) is 25.8 Å². The van der Waals surface area contributed by atoms with E-state index in [0.717, 1.165) is 31.3 Å². The quantitative estimate of drug-likeness (QED) is 0.830. The maximum Gasteiger partial charge on any atom is 0.126 e. The Labute approximate surface area is 136 Å². The zero-order valence-corrected chi connectivity index (χ0v) is 13.6. The molecular weight excluding hydrogens is 290 g/mol. The van der Waals surface area contributed by atoms with Crippen LogP contribution >= 0.6 is 0 Å². The zero-order chi connectivity index (χ0) is 15.8. The molecule has 2 heterocycles. The summed E-state index contributed by atoms with van der Waals surface area (Å²) in [5, 5.41) is 9.57. The molecule has 1 aromatic rings. The highest BCUT2D eigenvalue weighted by Gasteiger charge is 2.60. The maximum atomic E-state index is 9.57. The largest absolute Gasteiger partial charge is 0.389 e. The minimum absolute atomic E-state index is 0.0632. The van der Waals surface area contributed by atoms with Gasteiger partial charge in [0.15, 0.2) is 0 Å². The number of fused-ring (bicyclic) bond motifs is 4. The fraction of sp³-hybridized carbons (Fsp3) is 0.611. The summed E-state index contributed by atoms with van der Waals surface area (Å²) in [5.41, 5.74) is 7.35. The lowest BCUT2D eigenvalue weighted by Gasteiger charge is -2.40. The van der Waals surface area contributed by atoms with Crippen molar-refractivity contribution in [1.29, 1.82) is 0 Å². The average molecular weight is 313 g/mol. The van der Waals surface area contributed by atoms with Gasteiger partial charge < -0.3 is 10.0 Å². The van der Waals surface area contributed by atoms with Gasteiger partial charge in [-0.15, -0.1) is 0 Å². The molecule has 2 aliphatic heterocycles. The summed E-state index contributed by atoms with van der Waals surface area (Å²) < 4.78 is 0. The number of nitrogens with zero attached hydrogens (tertiary/aromatic N) is 2. The molecule has 1 spiro atoms. The third kappa shape index (κ3) is 1.78. The van der Waals surface area contributed by atoms with E-state index in [1.807, 2.05) is 7.05 Å². The number of aliphatic hydroxyl groups is 1. The molecule has 1 saturated carbocycles. The predicted octanol–water partition coefficient (Wildman–Crippen LogP) is 1.77. The van der Waals surface area contributed by atoms with E-state index in [1.54, 1.807) is 0 Å². The number of rotatable bonds is 1. The number of hydroxylamine groups is 1. The Balaban J connectivity index is 1.59. The highest BCUT2D eigenvalue weighted by atomic mass is 16.7. The van der Waals surface area contributed by atoms with Crippen LogP contribution in [0, 0.1) is 11.8 Å². The second kappa shape index (κ2) is 4.48. The minimum atomic E-state index is -0.184. The molecule has 0 amide bonds. The Kier molecular flexibility index (Phi) is 2.69. The van der Waals surface area contributed by atoms with Gasteiger partial charge in [-0.05, 0) is 47.4 Å². The Morgan fingerprint density at radius 2 is 2.13 bits per heavy atom. The number of aliphatic hydroxyl groups excluding tert-OH is 1. The normalized spacial score (nSPS) is 39.9. The van der Waals surface area contributed by atoms with Crippen molar-refractivity contribution in [2.24, 2.45) is 16.8 Å². The van der Waals surface area contributed by atoms with E-state index in [4.69, 9.17) is 4.84 Å². The zero-order valence-electron chi connectivity index (χ0n) is 13.6. The molecule has 0 radical (unpaired) electrons. The van der Waals surface area contributed by atoms with Gasteiger partial charge in [-0.2, -0.15) is 0 Å². The lowest BCUT2D eigenvalue weighted by Crippen LogP contribution is -2.50. The van der Waals surface area contributed by atoms with Gasteiger partial charge in [-0.3, -0.25) is 15.3 Å². The van der Waals surface area contributed by atoms with Gasteiger partial charge in [0.2, 0.25) is 0 Å². The van der Waals surface area contributed by atoms with Crippen LogP contribution in [0.4, 0.5) is 5.69 Å². The van der Waals surface area contributed by atoms with Crippen molar-refractivity contribution in [2.45, 2.75) is 37.4 Å². The Morgan fingerprint density at radius 3 is 2.78 bits per heavy atom. The molecule has 4 atom stereocenters. The summed E-state index contributed by atoms with van der Waals surface area (Å²) >= 11 is 0. The molecule has 0 bridgehead atoms. The lowest BCUT2D eigenvalue weighted by atomic mass is 9.71. The van der Waals surface area contributed by atoms with Crippen molar-refractivity contribution in [3.05, 3.63) is 29.3 Å². The summed E-state index contributed by atoms with van der Waals surface area (Å²) in [7, 11) is 1.84. The first-order chi connectivity index (χ1) is 11.1. The Morgan fingerprint density at radius 1 is 1.35 bits per heavy atom. The molecule has 4 aliphatic rings. The van der Waals surface area contributed by atoms with Crippen LogP contribution in [0.1, 0.15) is 37.0 Å². The predicted molar refractivity (Wildman–Crippen MR) is 88.5 cm³/mol. The van der Waals surface area contributed by atoms with Gasteiger partial charge in [0.1, 0.15) is 11.9 Å². The van der Waals surface area contributed by atoms with Crippen molar-refractivity contribution >= 4 is 11.5 Å². The molecule has 122 valence electrons. The Bertz CT molecular complexity index is 698. The number of β-amino-alcohol motifs (C(OH)–C–C–N with tert-alkyl or cyclic N) is 1. The van der Waals surface area contributed by atoms with Crippen LogP contribution in [-0.2, 0) is 10.3 Å². The number of hydrogen-bond donors (Lipinski definition) is 2. The lowest BCUT2D eigenvalue weighted by molar-refractivity contribution is 0.0184. The van der Waals surface area contributed by atoms with E-state index in [1.165, 1.54) is 23.2 Å². The molecule has 3 unspecified atom stereocenters. The number of anilines is 1. The molecule has 0 aromatic heterocycles. The first kappa shape index (κ1) is 13.8. The summed E-state index contributed by atoms with van der Waals surface area (Å²) in [6, 6.07) is 6.81. The number of aliphatic imine (C=N–C) groups is 1. The van der Waals surface area contributed by atoms with Gasteiger partial charge in [-0.25, -0.2) is 0 Å². The SMILES string of the molecule is CN=C1NOC2c3cc(N4CC(O)C4)ccc3C3(CC12)C[C@@H]3C. The van der Waals surface area contributed by atoms with E-state index in [9.17, 15) is 5.11 Å². The monoisotopic (exact) mass is 313 g/mol. The van der Waals surface area contributed by atoms with E-state index < -0.39 is 0 Å². The second-order valence-electron chi connectivity index (χ2n) is 7.65. The number of amidine groups is 1. The smallest absolute Gasteiger partial charge is 0.126 e. The molecule has 2 saturated heterocycles. The fourth-order valence-corrected chi connectivity index (χ4v) is 4.87. The summed E-state index contributed by atoms with van der Waals surface area (Å²) in [5.74, 6) is 2.07.